The number of carbonyl (C=O) groups excluding carboxylic acids is 1. The SMILES string of the molecule is CCOC(=O)[C@H]1C[C@@H]1c1ncnc2c1ncn2C1CCCCO1. The van der Waals surface area contributed by atoms with E-state index in [1.54, 1.807) is 12.7 Å². The second-order valence-corrected chi connectivity index (χ2v) is 6.10. The highest BCUT2D eigenvalue weighted by Crippen LogP contribution is 2.48. The van der Waals surface area contributed by atoms with Crippen molar-refractivity contribution in [2.24, 2.45) is 5.92 Å². The first kappa shape index (κ1) is 14.6. The van der Waals surface area contributed by atoms with Gasteiger partial charge in [0.2, 0.25) is 0 Å². The molecule has 0 spiro atoms. The van der Waals surface area contributed by atoms with Crippen LogP contribution in [0.1, 0.15) is 50.4 Å². The third kappa shape index (κ3) is 2.59. The third-order valence-electron chi connectivity index (χ3n) is 4.58. The summed E-state index contributed by atoms with van der Waals surface area (Å²) in [5, 5.41) is 0. The lowest BCUT2D eigenvalue weighted by Gasteiger charge is -2.23. The predicted molar refractivity (Wildman–Crippen MR) is 81.6 cm³/mol. The highest BCUT2D eigenvalue weighted by atomic mass is 16.5. The van der Waals surface area contributed by atoms with E-state index in [0.29, 0.717) is 6.61 Å². The second-order valence-electron chi connectivity index (χ2n) is 6.10. The van der Waals surface area contributed by atoms with Crippen LogP contribution in [0.2, 0.25) is 0 Å². The zero-order valence-corrected chi connectivity index (χ0v) is 13.1. The highest BCUT2D eigenvalue weighted by molar-refractivity contribution is 5.81. The van der Waals surface area contributed by atoms with Crippen molar-refractivity contribution >= 4 is 17.1 Å². The molecular formula is C16H20N4O3. The van der Waals surface area contributed by atoms with E-state index in [1.807, 2.05) is 11.5 Å². The van der Waals surface area contributed by atoms with E-state index in [-0.39, 0.29) is 24.0 Å². The fourth-order valence-electron chi connectivity index (χ4n) is 3.30. The summed E-state index contributed by atoms with van der Waals surface area (Å²) in [5.41, 5.74) is 2.41. The molecular weight excluding hydrogens is 296 g/mol. The molecule has 1 unspecified atom stereocenters. The molecule has 3 atom stereocenters. The standard InChI is InChI=1S/C16H20N4O3/c1-2-22-16(21)11-7-10(11)13-14-15(18-8-17-13)20(9-19-14)12-5-3-4-6-23-12/h8-12H,2-7H2,1H3/t10-,11-,12?/m0/s1. The van der Waals surface area contributed by atoms with Crippen molar-refractivity contribution in [3.63, 3.8) is 0 Å². The Hall–Kier alpha value is -2.02. The minimum atomic E-state index is -0.140. The molecule has 1 aliphatic carbocycles. The number of carbonyl (C=O) groups is 1. The summed E-state index contributed by atoms with van der Waals surface area (Å²) in [4.78, 5) is 25.1. The Morgan fingerprint density at radius 3 is 3.09 bits per heavy atom. The number of ether oxygens (including phenoxy) is 2. The predicted octanol–water partition coefficient (Wildman–Crippen LogP) is 2.19. The molecule has 0 aromatic carbocycles. The number of hydrogen-bond acceptors (Lipinski definition) is 6. The Bertz CT molecular complexity index is 723. The largest absolute Gasteiger partial charge is 0.466 e. The quantitative estimate of drug-likeness (QED) is 0.805. The van der Waals surface area contributed by atoms with Gasteiger partial charge in [0.05, 0.1) is 24.5 Å². The van der Waals surface area contributed by atoms with Gasteiger partial charge in [-0.25, -0.2) is 15.0 Å². The minimum Gasteiger partial charge on any atom is -0.466 e. The van der Waals surface area contributed by atoms with E-state index in [1.165, 1.54) is 0 Å². The van der Waals surface area contributed by atoms with E-state index in [9.17, 15) is 4.79 Å². The fraction of sp³-hybridized carbons (Fsp3) is 0.625. The van der Waals surface area contributed by atoms with Gasteiger partial charge in [0.15, 0.2) is 5.65 Å². The van der Waals surface area contributed by atoms with Crippen LogP contribution < -0.4 is 0 Å². The molecule has 2 fully saturated rings. The molecule has 7 nitrogen and oxygen atoms in total. The maximum absolute atomic E-state index is 11.9. The van der Waals surface area contributed by atoms with Crippen molar-refractivity contribution in [3.05, 3.63) is 18.3 Å². The molecule has 0 amide bonds. The normalized spacial score (nSPS) is 27.1. The van der Waals surface area contributed by atoms with Crippen LogP contribution in [-0.2, 0) is 14.3 Å². The molecule has 4 rings (SSSR count). The van der Waals surface area contributed by atoms with Gasteiger partial charge in [-0.2, -0.15) is 0 Å². The maximum Gasteiger partial charge on any atom is 0.309 e. The van der Waals surface area contributed by atoms with Crippen molar-refractivity contribution in [1.82, 2.24) is 19.5 Å². The van der Waals surface area contributed by atoms with E-state index >= 15 is 0 Å². The smallest absolute Gasteiger partial charge is 0.309 e. The highest BCUT2D eigenvalue weighted by Gasteiger charge is 2.47. The molecule has 3 heterocycles. The van der Waals surface area contributed by atoms with Crippen LogP contribution in [0.4, 0.5) is 0 Å². The number of imidazole rings is 1. The van der Waals surface area contributed by atoms with E-state index in [4.69, 9.17) is 9.47 Å². The molecule has 1 saturated carbocycles. The van der Waals surface area contributed by atoms with Crippen LogP contribution in [0.3, 0.4) is 0 Å². The number of rotatable bonds is 4. The first-order chi connectivity index (χ1) is 11.3. The van der Waals surface area contributed by atoms with E-state index in [2.05, 4.69) is 15.0 Å². The molecule has 7 heteroatoms. The van der Waals surface area contributed by atoms with Crippen molar-refractivity contribution in [1.29, 1.82) is 0 Å². The number of fused-ring (bicyclic) bond motifs is 1. The number of hydrogen-bond donors (Lipinski definition) is 0. The van der Waals surface area contributed by atoms with Gasteiger partial charge in [0.25, 0.3) is 0 Å². The van der Waals surface area contributed by atoms with Crippen LogP contribution in [0.5, 0.6) is 0 Å². The fourth-order valence-corrected chi connectivity index (χ4v) is 3.30. The first-order valence-electron chi connectivity index (χ1n) is 8.25. The van der Waals surface area contributed by atoms with Gasteiger partial charge in [-0.05, 0) is 32.6 Å². The van der Waals surface area contributed by atoms with Crippen molar-refractivity contribution in [2.75, 3.05) is 13.2 Å². The Labute approximate surface area is 134 Å². The van der Waals surface area contributed by atoms with Gasteiger partial charge in [-0.3, -0.25) is 9.36 Å². The molecule has 2 aromatic rings. The van der Waals surface area contributed by atoms with Crippen LogP contribution in [0.15, 0.2) is 12.7 Å². The zero-order chi connectivity index (χ0) is 15.8. The van der Waals surface area contributed by atoms with Crippen LogP contribution in [0, 0.1) is 5.92 Å². The zero-order valence-electron chi connectivity index (χ0n) is 13.1. The average molecular weight is 316 g/mol. The van der Waals surface area contributed by atoms with Crippen molar-refractivity contribution in [2.45, 2.75) is 44.8 Å². The lowest BCUT2D eigenvalue weighted by atomic mass is 10.2. The first-order valence-corrected chi connectivity index (χ1v) is 8.25. The molecule has 2 aliphatic rings. The summed E-state index contributed by atoms with van der Waals surface area (Å²) >= 11 is 0. The van der Waals surface area contributed by atoms with Crippen molar-refractivity contribution < 1.29 is 14.3 Å². The van der Waals surface area contributed by atoms with Crippen LogP contribution in [-0.4, -0.2) is 38.7 Å². The molecule has 2 aromatic heterocycles. The molecule has 1 saturated heterocycles. The van der Waals surface area contributed by atoms with E-state index in [0.717, 1.165) is 49.1 Å². The van der Waals surface area contributed by atoms with E-state index < -0.39 is 0 Å². The lowest BCUT2D eigenvalue weighted by molar-refractivity contribution is -0.144. The lowest BCUT2D eigenvalue weighted by Crippen LogP contribution is -2.17. The summed E-state index contributed by atoms with van der Waals surface area (Å²) in [7, 11) is 0. The van der Waals surface area contributed by atoms with Gasteiger partial charge in [-0.1, -0.05) is 0 Å². The summed E-state index contributed by atoms with van der Waals surface area (Å²) in [6.45, 7) is 3.01. The van der Waals surface area contributed by atoms with Gasteiger partial charge >= 0.3 is 5.97 Å². The Morgan fingerprint density at radius 2 is 2.30 bits per heavy atom. The summed E-state index contributed by atoms with van der Waals surface area (Å²) in [6.07, 6.45) is 7.33. The van der Waals surface area contributed by atoms with Crippen LogP contribution in [0.25, 0.3) is 11.2 Å². The second kappa shape index (κ2) is 5.88. The Balaban J connectivity index is 1.62. The topological polar surface area (TPSA) is 79.1 Å². The average Bonchev–Trinajstić information content (AvgIpc) is 3.27. The number of aromatic nitrogens is 4. The molecule has 0 radical (unpaired) electrons. The number of nitrogens with zero attached hydrogens (tertiary/aromatic N) is 4. The maximum atomic E-state index is 11.9. The molecule has 0 N–H and O–H groups in total. The molecule has 122 valence electrons. The summed E-state index contributed by atoms with van der Waals surface area (Å²) in [6, 6.07) is 0. The minimum absolute atomic E-state index is 0.00319. The molecule has 23 heavy (non-hydrogen) atoms. The number of esters is 1. The third-order valence-corrected chi connectivity index (χ3v) is 4.58. The summed E-state index contributed by atoms with van der Waals surface area (Å²) in [5.74, 6) is -0.140. The molecule has 0 bridgehead atoms. The van der Waals surface area contributed by atoms with Gasteiger partial charge in [-0.15, -0.1) is 0 Å². The molecule has 1 aliphatic heterocycles. The monoisotopic (exact) mass is 316 g/mol. The van der Waals surface area contributed by atoms with Gasteiger partial charge < -0.3 is 9.47 Å². The van der Waals surface area contributed by atoms with Gasteiger partial charge in [0, 0.05) is 12.5 Å². The van der Waals surface area contributed by atoms with Crippen molar-refractivity contribution in [3.8, 4) is 0 Å². The Kier molecular flexibility index (Phi) is 3.72. The Morgan fingerprint density at radius 1 is 1.39 bits per heavy atom. The van der Waals surface area contributed by atoms with Crippen LogP contribution >= 0.6 is 0 Å². The van der Waals surface area contributed by atoms with Gasteiger partial charge in [0.1, 0.15) is 18.1 Å². The summed E-state index contributed by atoms with van der Waals surface area (Å²) < 4.78 is 12.9.